The summed E-state index contributed by atoms with van der Waals surface area (Å²) in [6.45, 7) is 8.66. The Morgan fingerprint density at radius 3 is 2.61 bits per heavy atom. The monoisotopic (exact) mass is 432 g/mol. The Labute approximate surface area is 186 Å². The normalized spacial score (nSPS) is 16.2. The lowest BCUT2D eigenvalue weighted by Gasteiger charge is -2.08. The fourth-order valence-electron chi connectivity index (χ4n) is 3.40. The van der Waals surface area contributed by atoms with Crippen molar-refractivity contribution in [3.05, 3.63) is 76.1 Å². The van der Waals surface area contributed by atoms with Crippen LogP contribution in [0, 0.1) is 20.8 Å². The van der Waals surface area contributed by atoms with E-state index >= 15 is 0 Å². The highest BCUT2D eigenvalue weighted by atomic mass is 32.2. The van der Waals surface area contributed by atoms with Crippen molar-refractivity contribution in [2.24, 2.45) is 4.99 Å². The molecule has 1 aliphatic heterocycles. The van der Waals surface area contributed by atoms with Crippen molar-refractivity contribution in [3.63, 3.8) is 0 Å². The van der Waals surface area contributed by atoms with E-state index in [2.05, 4.69) is 25.9 Å². The number of amides is 1. The molecule has 7 heteroatoms. The first-order valence-corrected chi connectivity index (χ1v) is 10.9. The molecule has 6 nitrogen and oxygen atoms in total. The van der Waals surface area contributed by atoms with Crippen LogP contribution in [0.15, 0.2) is 58.6 Å². The van der Waals surface area contributed by atoms with Crippen LogP contribution in [-0.2, 0) is 4.79 Å². The molecule has 1 fully saturated rings. The van der Waals surface area contributed by atoms with Gasteiger partial charge in [-0.25, -0.2) is 9.98 Å². The number of aliphatic imine (C=N–C) groups is 1. The first kappa shape index (κ1) is 20.9. The zero-order valence-electron chi connectivity index (χ0n) is 18.0. The number of nitrogens with one attached hydrogen (secondary N) is 1. The Kier molecular flexibility index (Phi) is 5.95. The second kappa shape index (κ2) is 8.81. The first-order valence-electron chi connectivity index (χ1n) is 10.1. The number of carbonyl (C=O) groups excluding carboxylic acids is 1. The first-order chi connectivity index (χ1) is 14.9. The zero-order valence-corrected chi connectivity index (χ0v) is 18.8. The summed E-state index contributed by atoms with van der Waals surface area (Å²) in [5.74, 6) is 1.52. The minimum absolute atomic E-state index is 0.145. The number of nitrogens with zero attached hydrogens (tertiary/aromatic N) is 3. The Hall–Kier alpha value is -3.32. The highest BCUT2D eigenvalue weighted by Gasteiger charge is 2.24. The highest BCUT2D eigenvalue weighted by molar-refractivity contribution is 8.18. The summed E-state index contributed by atoms with van der Waals surface area (Å²) in [4.78, 5) is 22.2. The van der Waals surface area contributed by atoms with Gasteiger partial charge in [0.2, 0.25) is 0 Å². The second-order valence-corrected chi connectivity index (χ2v) is 8.29. The topological polar surface area (TPSA) is 68.5 Å². The smallest absolute Gasteiger partial charge is 0.264 e. The summed E-state index contributed by atoms with van der Waals surface area (Å²) in [6, 6.07) is 13.6. The standard InChI is InChI=1S/C24H24N4O2S/c1-5-30-20-9-7-19(8-10-20)26-24-27-23(29)21(31-24)13-18-12-16(3)28(17(18)4)22-11-6-15(2)14-25-22/h6-14H,5H2,1-4H3,(H,26,27,29). The van der Waals surface area contributed by atoms with Crippen LogP contribution in [0.2, 0.25) is 0 Å². The number of carbonyl (C=O) groups is 1. The summed E-state index contributed by atoms with van der Waals surface area (Å²) < 4.78 is 7.55. The van der Waals surface area contributed by atoms with Crippen LogP contribution in [0.4, 0.5) is 5.69 Å². The van der Waals surface area contributed by atoms with Crippen molar-refractivity contribution >= 4 is 34.6 Å². The van der Waals surface area contributed by atoms with E-state index in [1.807, 2.05) is 76.4 Å². The summed E-state index contributed by atoms with van der Waals surface area (Å²) in [6.07, 6.45) is 3.77. The molecular weight excluding hydrogens is 408 g/mol. The third-order valence-corrected chi connectivity index (χ3v) is 5.82. The van der Waals surface area contributed by atoms with Crippen molar-refractivity contribution in [2.75, 3.05) is 6.61 Å². The summed E-state index contributed by atoms with van der Waals surface area (Å²) >= 11 is 1.34. The average molecular weight is 433 g/mol. The number of ether oxygens (including phenoxy) is 1. The molecule has 1 saturated heterocycles. The van der Waals surface area contributed by atoms with Crippen molar-refractivity contribution in [3.8, 4) is 11.6 Å². The number of amidine groups is 1. The van der Waals surface area contributed by atoms with E-state index in [4.69, 9.17) is 4.74 Å². The number of aryl methyl sites for hydroxylation is 2. The number of pyridine rings is 1. The van der Waals surface area contributed by atoms with Crippen LogP contribution in [0.1, 0.15) is 29.4 Å². The maximum absolute atomic E-state index is 12.5. The largest absolute Gasteiger partial charge is 0.494 e. The quantitative estimate of drug-likeness (QED) is 0.571. The summed E-state index contributed by atoms with van der Waals surface area (Å²) in [7, 11) is 0. The van der Waals surface area contributed by atoms with E-state index < -0.39 is 0 Å². The Balaban J connectivity index is 1.57. The Bertz CT molecular complexity index is 1180. The number of hydrogen-bond donors (Lipinski definition) is 1. The molecule has 1 N–H and O–H groups in total. The fraction of sp³-hybridized carbons (Fsp3) is 0.208. The van der Waals surface area contributed by atoms with Gasteiger partial charge in [-0.1, -0.05) is 6.07 Å². The van der Waals surface area contributed by atoms with E-state index in [9.17, 15) is 4.79 Å². The molecule has 4 rings (SSSR count). The molecular formula is C24H24N4O2S. The number of rotatable bonds is 5. The molecule has 3 heterocycles. The molecule has 0 atom stereocenters. The maximum atomic E-state index is 12.5. The van der Waals surface area contributed by atoms with Crippen LogP contribution < -0.4 is 10.1 Å². The Morgan fingerprint density at radius 1 is 1.16 bits per heavy atom. The molecule has 1 amide bonds. The number of benzene rings is 1. The SMILES string of the molecule is CCOc1ccc(N=C2NC(=O)C(=Cc3cc(C)n(-c4ccc(C)cn4)c3C)S2)cc1. The van der Waals surface area contributed by atoms with Gasteiger partial charge in [0.25, 0.3) is 5.91 Å². The predicted octanol–water partition coefficient (Wildman–Crippen LogP) is 5.09. The minimum atomic E-state index is -0.145. The number of thioether (sulfide) groups is 1. The molecule has 0 radical (unpaired) electrons. The van der Waals surface area contributed by atoms with Gasteiger partial charge in [0, 0.05) is 17.6 Å². The molecule has 1 aromatic carbocycles. The molecule has 31 heavy (non-hydrogen) atoms. The summed E-state index contributed by atoms with van der Waals surface area (Å²) in [5, 5.41) is 3.41. The molecule has 0 spiro atoms. The number of aromatic nitrogens is 2. The predicted molar refractivity (Wildman–Crippen MR) is 126 cm³/mol. The molecule has 0 aliphatic carbocycles. The van der Waals surface area contributed by atoms with Crippen LogP contribution in [-0.4, -0.2) is 27.2 Å². The van der Waals surface area contributed by atoms with Gasteiger partial charge in [-0.2, -0.15) is 0 Å². The second-order valence-electron chi connectivity index (χ2n) is 7.26. The van der Waals surface area contributed by atoms with Gasteiger partial charge in [-0.3, -0.25) is 4.79 Å². The van der Waals surface area contributed by atoms with E-state index in [0.717, 1.165) is 39.8 Å². The van der Waals surface area contributed by atoms with E-state index in [0.29, 0.717) is 16.7 Å². The van der Waals surface area contributed by atoms with E-state index in [-0.39, 0.29) is 5.91 Å². The Morgan fingerprint density at radius 2 is 1.94 bits per heavy atom. The average Bonchev–Trinajstić information content (AvgIpc) is 3.23. The van der Waals surface area contributed by atoms with Crippen molar-refractivity contribution < 1.29 is 9.53 Å². The third kappa shape index (κ3) is 4.56. The van der Waals surface area contributed by atoms with Crippen molar-refractivity contribution in [2.45, 2.75) is 27.7 Å². The van der Waals surface area contributed by atoms with Crippen LogP contribution in [0.3, 0.4) is 0 Å². The maximum Gasteiger partial charge on any atom is 0.264 e. The third-order valence-electron chi connectivity index (χ3n) is 4.91. The van der Waals surface area contributed by atoms with Gasteiger partial charge < -0.3 is 14.6 Å². The molecule has 0 saturated carbocycles. The lowest BCUT2D eigenvalue weighted by molar-refractivity contribution is -0.115. The zero-order chi connectivity index (χ0) is 22.0. The minimum Gasteiger partial charge on any atom is -0.494 e. The molecule has 158 valence electrons. The van der Waals surface area contributed by atoms with Gasteiger partial charge in [0.05, 0.1) is 17.2 Å². The van der Waals surface area contributed by atoms with E-state index in [1.165, 1.54) is 11.8 Å². The highest BCUT2D eigenvalue weighted by Crippen LogP contribution is 2.30. The lowest BCUT2D eigenvalue weighted by atomic mass is 10.2. The van der Waals surface area contributed by atoms with Gasteiger partial charge in [-0.15, -0.1) is 0 Å². The summed E-state index contributed by atoms with van der Waals surface area (Å²) in [5.41, 5.74) is 4.96. The molecule has 1 aliphatic rings. The molecule has 0 bridgehead atoms. The number of hydrogen-bond acceptors (Lipinski definition) is 5. The van der Waals surface area contributed by atoms with Crippen LogP contribution in [0.5, 0.6) is 5.75 Å². The molecule has 0 unspecified atom stereocenters. The van der Waals surface area contributed by atoms with Crippen molar-refractivity contribution in [1.29, 1.82) is 0 Å². The molecule has 3 aromatic rings. The van der Waals surface area contributed by atoms with Crippen LogP contribution in [0.25, 0.3) is 11.9 Å². The van der Waals surface area contributed by atoms with Gasteiger partial charge >= 0.3 is 0 Å². The fourth-order valence-corrected chi connectivity index (χ4v) is 4.23. The van der Waals surface area contributed by atoms with Gasteiger partial charge in [0.1, 0.15) is 11.6 Å². The van der Waals surface area contributed by atoms with Crippen molar-refractivity contribution in [1.82, 2.24) is 14.9 Å². The van der Waals surface area contributed by atoms with Gasteiger partial charge in [0.15, 0.2) is 5.17 Å². The molecule has 2 aromatic heterocycles. The van der Waals surface area contributed by atoms with Crippen LogP contribution >= 0.6 is 11.8 Å². The lowest BCUT2D eigenvalue weighted by Crippen LogP contribution is -2.19. The van der Waals surface area contributed by atoms with Gasteiger partial charge in [-0.05, 0) is 93.1 Å². The van der Waals surface area contributed by atoms with E-state index in [1.54, 1.807) is 0 Å².